The van der Waals surface area contributed by atoms with E-state index in [1.807, 2.05) is 51.1 Å². The molecule has 2 aliphatic rings. The van der Waals surface area contributed by atoms with Crippen LogP contribution in [-0.2, 0) is 26.0 Å². The lowest BCUT2D eigenvalue weighted by molar-refractivity contribution is -0.154. The molecule has 2 aromatic carbocycles. The van der Waals surface area contributed by atoms with Crippen molar-refractivity contribution in [3.63, 3.8) is 0 Å². The van der Waals surface area contributed by atoms with E-state index in [1.165, 1.54) is 13.2 Å². The molecule has 4 unspecified atom stereocenters. The van der Waals surface area contributed by atoms with Crippen LogP contribution in [0.3, 0.4) is 0 Å². The zero-order chi connectivity index (χ0) is 29.2. The van der Waals surface area contributed by atoms with E-state index in [2.05, 4.69) is 5.32 Å². The summed E-state index contributed by atoms with van der Waals surface area (Å²) >= 11 is 0. The predicted octanol–water partition coefficient (Wildman–Crippen LogP) is 4.84. The summed E-state index contributed by atoms with van der Waals surface area (Å²) in [4.78, 5) is 29.0. The molecule has 0 radical (unpaired) electrons. The fourth-order valence-corrected chi connectivity index (χ4v) is 7.31. The summed E-state index contributed by atoms with van der Waals surface area (Å²) in [5, 5.41) is 14.2. The molecule has 4 rings (SSSR count). The van der Waals surface area contributed by atoms with E-state index in [9.17, 15) is 23.1 Å². The van der Waals surface area contributed by atoms with Crippen molar-refractivity contribution in [3.8, 4) is 5.75 Å². The molecule has 1 saturated heterocycles. The van der Waals surface area contributed by atoms with Gasteiger partial charge in [-0.05, 0) is 42.0 Å². The highest BCUT2D eigenvalue weighted by atomic mass is 32.2. The summed E-state index contributed by atoms with van der Waals surface area (Å²) in [5.41, 5.74) is 1.06. The van der Waals surface area contributed by atoms with Gasteiger partial charge in [0.2, 0.25) is 5.91 Å². The summed E-state index contributed by atoms with van der Waals surface area (Å²) in [6.07, 6.45) is 5.75. The molecule has 2 fully saturated rings. The van der Waals surface area contributed by atoms with Crippen LogP contribution < -0.4 is 10.1 Å². The Morgan fingerprint density at radius 3 is 2.25 bits per heavy atom. The molecule has 2 N–H and O–H groups in total. The minimum atomic E-state index is -3.44. The van der Waals surface area contributed by atoms with Crippen molar-refractivity contribution in [2.45, 2.75) is 82.4 Å². The molecule has 1 saturated carbocycles. The number of benzene rings is 2. The lowest BCUT2D eigenvalue weighted by atomic mass is 9.72. The van der Waals surface area contributed by atoms with Gasteiger partial charge in [0.25, 0.3) is 0 Å². The Morgan fingerprint density at radius 2 is 1.70 bits per heavy atom. The van der Waals surface area contributed by atoms with E-state index in [4.69, 9.17) is 4.74 Å². The number of sulfone groups is 1. The minimum Gasteiger partial charge on any atom is -0.496 e. The number of aliphatic carboxylic acids is 1. The van der Waals surface area contributed by atoms with Crippen LogP contribution in [0.2, 0.25) is 0 Å². The average Bonchev–Trinajstić information content (AvgIpc) is 3.28. The summed E-state index contributed by atoms with van der Waals surface area (Å²) in [5.74, 6) is -1.17. The number of ether oxygens (including phenoxy) is 1. The first kappa shape index (κ1) is 30.1. The summed E-state index contributed by atoms with van der Waals surface area (Å²) < 4.78 is 30.1. The van der Waals surface area contributed by atoms with Crippen molar-refractivity contribution in [3.05, 3.63) is 59.7 Å². The third kappa shape index (κ3) is 6.20. The van der Waals surface area contributed by atoms with Crippen LogP contribution >= 0.6 is 0 Å². The Bertz CT molecular complexity index is 1320. The van der Waals surface area contributed by atoms with E-state index in [1.54, 1.807) is 17.0 Å². The third-order valence-electron chi connectivity index (χ3n) is 8.48. The van der Waals surface area contributed by atoms with Gasteiger partial charge in [0, 0.05) is 36.2 Å². The Labute approximate surface area is 238 Å². The SMILES string of the molecule is COc1ccc(S(C)(=O)=O)cc1CNC1C(c2ccccc2)N(C(=O)C2CCCCC2)C(C(=O)O)C1C(C)(C)C. The van der Waals surface area contributed by atoms with Gasteiger partial charge in [-0.15, -0.1) is 0 Å². The molecule has 0 spiro atoms. The number of carbonyl (C=O) groups excluding carboxylic acids is 1. The van der Waals surface area contributed by atoms with Crippen LogP contribution in [-0.4, -0.2) is 55.7 Å². The van der Waals surface area contributed by atoms with E-state index in [-0.39, 0.29) is 23.3 Å². The number of carbonyl (C=O) groups is 2. The zero-order valence-corrected chi connectivity index (χ0v) is 24.9. The van der Waals surface area contributed by atoms with Crippen molar-refractivity contribution in [1.82, 2.24) is 10.2 Å². The predicted molar refractivity (Wildman–Crippen MR) is 154 cm³/mol. The molecule has 218 valence electrons. The number of carboxylic acids is 1. The number of hydrogen-bond donors (Lipinski definition) is 2. The number of amides is 1. The fourth-order valence-electron chi connectivity index (χ4n) is 6.64. The van der Waals surface area contributed by atoms with Crippen molar-refractivity contribution in [1.29, 1.82) is 0 Å². The second kappa shape index (κ2) is 11.9. The number of likely N-dealkylation sites (tertiary alicyclic amines) is 1. The Balaban J connectivity index is 1.82. The lowest BCUT2D eigenvalue weighted by Gasteiger charge is -2.36. The molecular formula is C31H42N2O6S. The Hall–Kier alpha value is -2.91. The third-order valence-corrected chi connectivity index (χ3v) is 9.59. The van der Waals surface area contributed by atoms with Gasteiger partial charge in [-0.2, -0.15) is 0 Å². The molecule has 40 heavy (non-hydrogen) atoms. The van der Waals surface area contributed by atoms with Crippen molar-refractivity contribution in [2.75, 3.05) is 13.4 Å². The maximum atomic E-state index is 14.2. The molecule has 8 nitrogen and oxygen atoms in total. The molecule has 2 aromatic rings. The molecular weight excluding hydrogens is 528 g/mol. The molecule has 9 heteroatoms. The van der Waals surface area contributed by atoms with Gasteiger partial charge in [0.15, 0.2) is 9.84 Å². The van der Waals surface area contributed by atoms with Gasteiger partial charge in [0.1, 0.15) is 11.8 Å². The van der Waals surface area contributed by atoms with Crippen LogP contribution in [0.4, 0.5) is 0 Å². The standard InChI is InChI=1S/C31H42N2O6S/c1-31(2,3)25-26(32-19-22-18-23(40(5,37)38)16-17-24(22)39-4)27(20-12-8-6-9-13-20)33(28(25)30(35)36)29(34)21-14-10-7-11-15-21/h6,8-9,12-13,16-18,21,25-28,32H,7,10-11,14-15,19H2,1-5H3,(H,35,36). The number of rotatable bonds is 8. The van der Waals surface area contributed by atoms with E-state index in [0.29, 0.717) is 11.3 Å². The maximum Gasteiger partial charge on any atom is 0.326 e. The first-order valence-electron chi connectivity index (χ1n) is 14.0. The summed E-state index contributed by atoms with van der Waals surface area (Å²) in [6.45, 7) is 6.29. The van der Waals surface area contributed by atoms with Gasteiger partial charge in [-0.25, -0.2) is 13.2 Å². The highest BCUT2D eigenvalue weighted by Gasteiger charge is 2.58. The Morgan fingerprint density at radius 1 is 1.05 bits per heavy atom. The molecule has 1 amide bonds. The molecule has 0 aromatic heterocycles. The minimum absolute atomic E-state index is 0.0869. The van der Waals surface area contributed by atoms with Crippen LogP contribution in [0, 0.1) is 17.3 Å². The second-order valence-electron chi connectivity index (χ2n) is 12.3. The number of nitrogens with zero attached hydrogens (tertiary/aromatic N) is 1. The van der Waals surface area contributed by atoms with E-state index >= 15 is 0 Å². The van der Waals surface area contributed by atoms with Crippen molar-refractivity contribution >= 4 is 21.7 Å². The van der Waals surface area contributed by atoms with Crippen LogP contribution in [0.15, 0.2) is 53.4 Å². The van der Waals surface area contributed by atoms with Gasteiger partial charge >= 0.3 is 5.97 Å². The summed E-state index contributed by atoms with van der Waals surface area (Å²) in [7, 11) is -1.91. The fraction of sp³-hybridized carbons (Fsp3) is 0.548. The lowest BCUT2D eigenvalue weighted by Crippen LogP contribution is -2.49. The van der Waals surface area contributed by atoms with Crippen LogP contribution in [0.25, 0.3) is 0 Å². The van der Waals surface area contributed by atoms with Crippen molar-refractivity contribution in [2.24, 2.45) is 17.3 Å². The van der Waals surface area contributed by atoms with Crippen LogP contribution in [0.1, 0.15) is 70.0 Å². The number of carboxylic acid groups (broad SMARTS) is 1. The van der Waals surface area contributed by atoms with Crippen LogP contribution in [0.5, 0.6) is 5.75 Å². The number of hydrogen-bond acceptors (Lipinski definition) is 6. The Kier molecular flexibility index (Phi) is 8.95. The smallest absolute Gasteiger partial charge is 0.326 e. The quantitative estimate of drug-likeness (QED) is 0.467. The normalized spacial score (nSPS) is 24.2. The van der Waals surface area contributed by atoms with Gasteiger partial charge in [-0.1, -0.05) is 70.4 Å². The highest BCUT2D eigenvalue weighted by Crippen LogP contribution is 2.49. The molecule has 1 aliphatic heterocycles. The largest absolute Gasteiger partial charge is 0.496 e. The number of nitrogens with one attached hydrogen (secondary N) is 1. The van der Waals surface area contributed by atoms with Crippen molar-refractivity contribution < 1.29 is 27.9 Å². The maximum absolute atomic E-state index is 14.2. The molecule has 1 heterocycles. The highest BCUT2D eigenvalue weighted by molar-refractivity contribution is 7.90. The first-order chi connectivity index (χ1) is 18.8. The molecule has 0 bridgehead atoms. The van der Waals surface area contributed by atoms with E-state index < -0.39 is 45.3 Å². The summed E-state index contributed by atoms with van der Waals surface area (Å²) in [6, 6.07) is 12.5. The van der Waals surface area contributed by atoms with Gasteiger partial charge in [-0.3, -0.25) is 4.79 Å². The average molecular weight is 571 g/mol. The first-order valence-corrected chi connectivity index (χ1v) is 15.9. The van der Waals surface area contributed by atoms with E-state index in [0.717, 1.165) is 43.9 Å². The second-order valence-corrected chi connectivity index (χ2v) is 14.3. The number of methoxy groups -OCH3 is 1. The molecule has 1 aliphatic carbocycles. The van der Waals surface area contributed by atoms with Gasteiger partial charge < -0.3 is 20.1 Å². The van der Waals surface area contributed by atoms with Gasteiger partial charge in [0.05, 0.1) is 18.0 Å². The monoisotopic (exact) mass is 570 g/mol. The zero-order valence-electron chi connectivity index (χ0n) is 24.1. The topological polar surface area (TPSA) is 113 Å². The molecule has 4 atom stereocenters.